The van der Waals surface area contributed by atoms with Crippen molar-refractivity contribution in [3.63, 3.8) is 0 Å². The summed E-state index contributed by atoms with van der Waals surface area (Å²) in [5.41, 5.74) is 3.23. The van der Waals surface area contributed by atoms with Gasteiger partial charge in [-0.05, 0) is 54.5 Å². The van der Waals surface area contributed by atoms with Crippen molar-refractivity contribution in [1.82, 2.24) is 25.5 Å². The number of aryl methyl sites for hydroxylation is 2. The predicted molar refractivity (Wildman–Crippen MR) is 85.8 cm³/mol. The fourth-order valence-corrected chi connectivity index (χ4v) is 2.60. The number of nitrogens with one attached hydrogen (secondary N) is 1. The lowest BCUT2D eigenvalue weighted by atomic mass is 10.1. The first kappa shape index (κ1) is 16.0. The van der Waals surface area contributed by atoms with Crippen LogP contribution in [0.2, 0.25) is 0 Å². The Balaban J connectivity index is 2.17. The van der Waals surface area contributed by atoms with E-state index in [9.17, 15) is 4.79 Å². The molecule has 7 heteroatoms. The number of hydrogen-bond donors (Lipinski definition) is 1. The van der Waals surface area contributed by atoms with E-state index in [1.807, 2.05) is 32.0 Å². The number of rotatable bonds is 5. The molecule has 22 heavy (non-hydrogen) atoms. The van der Waals surface area contributed by atoms with Gasteiger partial charge in [-0.25, -0.2) is 0 Å². The maximum atomic E-state index is 11.9. The van der Waals surface area contributed by atoms with Crippen molar-refractivity contribution in [2.24, 2.45) is 0 Å². The minimum Gasteiger partial charge on any atom is -0.344 e. The number of hydrogen-bond acceptors (Lipinski definition) is 5. The summed E-state index contributed by atoms with van der Waals surface area (Å²) in [7, 11) is 0. The Hall–Kier alpha value is -2.33. The van der Waals surface area contributed by atoms with Crippen molar-refractivity contribution in [2.45, 2.75) is 31.2 Å². The van der Waals surface area contributed by atoms with Crippen molar-refractivity contribution >= 4 is 17.7 Å². The van der Waals surface area contributed by atoms with Crippen LogP contribution in [-0.4, -0.2) is 37.9 Å². The molecule has 1 N–H and O–H groups in total. The first-order valence-corrected chi connectivity index (χ1v) is 7.64. The van der Waals surface area contributed by atoms with Crippen LogP contribution >= 0.6 is 11.8 Å². The van der Waals surface area contributed by atoms with Gasteiger partial charge in [-0.15, -0.1) is 11.5 Å². The number of nitrogens with zero attached hydrogens (tertiary/aromatic N) is 4. The zero-order chi connectivity index (χ0) is 16.1. The van der Waals surface area contributed by atoms with E-state index in [2.05, 4.69) is 26.8 Å². The fraction of sp³-hybridized carbons (Fsp3) is 0.333. The zero-order valence-electron chi connectivity index (χ0n) is 12.7. The maximum Gasteiger partial charge on any atom is 0.234 e. The molecule has 0 spiro atoms. The second-order valence-electron chi connectivity index (χ2n) is 4.82. The topological polar surface area (TPSA) is 72.7 Å². The molecular formula is C15H17N5OS. The molecule has 114 valence electrons. The average Bonchev–Trinajstić information content (AvgIpc) is 2.95. The van der Waals surface area contributed by atoms with Crippen LogP contribution in [0.5, 0.6) is 0 Å². The summed E-state index contributed by atoms with van der Waals surface area (Å²) in [6.07, 6.45) is 5.13. The van der Waals surface area contributed by atoms with Crippen molar-refractivity contribution in [3.05, 3.63) is 29.3 Å². The number of carbonyl (C=O) groups is 1. The van der Waals surface area contributed by atoms with E-state index in [-0.39, 0.29) is 17.7 Å². The Kier molecular flexibility index (Phi) is 5.17. The van der Waals surface area contributed by atoms with Crippen LogP contribution < -0.4 is 5.32 Å². The Morgan fingerprint density at radius 3 is 2.91 bits per heavy atom. The largest absolute Gasteiger partial charge is 0.344 e. The molecule has 1 heterocycles. The summed E-state index contributed by atoms with van der Waals surface area (Å²) in [4.78, 5) is 11.9. The van der Waals surface area contributed by atoms with Crippen molar-refractivity contribution in [3.8, 4) is 18.0 Å². The van der Waals surface area contributed by atoms with Gasteiger partial charge < -0.3 is 5.32 Å². The maximum absolute atomic E-state index is 11.9. The summed E-state index contributed by atoms with van der Waals surface area (Å²) in [6, 6.07) is 5.98. The SMILES string of the molecule is C#CCNC(=O)C(C)Sc1nnnn1-c1ccc(C)c(C)c1. The molecule has 1 unspecified atom stereocenters. The number of benzene rings is 1. The molecule has 0 saturated heterocycles. The molecule has 0 bridgehead atoms. The summed E-state index contributed by atoms with van der Waals surface area (Å²) in [5, 5.41) is 14.6. The molecule has 0 saturated carbocycles. The van der Waals surface area contributed by atoms with Gasteiger partial charge in [0.2, 0.25) is 11.1 Å². The number of amides is 1. The van der Waals surface area contributed by atoms with E-state index >= 15 is 0 Å². The summed E-state index contributed by atoms with van der Waals surface area (Å²) >= 11 is 1.29. The molecule has 6 nitrogen and oxygen atoms in total. The highest BCUT2D eigenvalue weighted by Crippen LogP contribution is 2.23. The Labute approximate surface area is 133 Å². The molecule has 1 atom stereocenters. The quantitative estimate of drug-likeness (QED) is 0.669. The molecule has 1 aromatic carbocycles. The van der Waals surface area contributed by atoms with Crippen molar-refractivity contribution in [1.29, 1.82) is 0 Å². The average molecular weight is 315 g/mol. The highest BCUT2D eigenvalue weighted by Gasteiger charge is 2.18. The summed E-state index contributed by atoms with van der Waals surface area (Å²) < 4.78 is 1.63. The minimum atomic E-state index is -0.343. The second kappa shape index (κ2) is 7.09. The van der Waals surface area contributed by atoms with Crippen LogP contribution in [0.1, 0.15) is 18.1 Å². The van der Waals surface area contributed by atoms with Gasteiger partial charge in [0.05, 0.1) is 17.5 Å². The van der Waals surface area contributed by atoms with Gasteiger partial charge in [-0.3, -0.25) is 4.79 Å². The Morgan fingerprint density at radius 1 is 1.45 bits per heavy atom. The lowest BCUT2D eigenvalue weighted by molar-refractivity contribution is -0.120. The Morgan fingerprint density at radius 2 is 2.23 bits per heavy atom. The van der Waals surface area contributed by atoms with Gasteiger partial charge in [0, 0.05) is 0 Å². The third-order valence-corrected chi connectivity index (χ3v) is 4.23. The number of aromatic nitrogens is 4. The standard InChI is InChI=1S/C15H17N5OS/c1-5-8-16-14(21)12(4)22-15-17-18-19-20(15)13-7-6-10(2)11(3)9-13/h1,6-7,9,12H,8H2,2-4H3,(H,16,21). The highest BCUT2D eigenvalue weighted by molar-refractivity contribution is 8.00. The molecule has 1 aromatic heterocycles. The van der Waals surface area contributed by atoms with Crippen LogP contribution in [0.25, 0.3) is 5.69 Å². The van der Waals surface area contributed by atoms with Crippen LogP contribution in [-0.2, 0) is 4.79 Å². The number of tetrazole rings is 1. The van der Waals surface area contributed by atoms with E-state index in [4.69, 9.17) is 6.42 Å². The summed E-state index contributed by atoms with van der Waals surface area (Å²) in [6.45, 7) is 6.08. The lowest BCUT2D eigenvalue weighted by Crippen LogP contribution is -2.31. The van der Waals surface area contributed by atoms with Gasteiger partial charge in [0.1, 0.15) is 0 Å². The van der Waals surface area contributed by atoms with E-state index in [1.54, 1.807) is 11.6 Å². The zero-order valence-corrected chi connectivity index (χ0v) is 13.5. The third-order valence-electron chi connectivity index (χ3n) is 3.19. The van der Waals surface area contributed by atoms with Crippen LogP contribution in [0.15, 0.2) is 23.4 Å². The first-order chi connectivity index (χ1) is 10.5. The molecular weight excluding hydrogens is 298 g/mol. The first-order valence-electron chi connectivity index (χ1n) is 6.76. The van der Waals surface area contributed by atoms with Gasteiger partial charge in [0.25, 0.3) is 0 Å². The van der Waals surface area contributed by atoms with E-state index in [0.29, 0.717) is 5.16 Å². The predicted octanol–water partition coefficient (Wildman–Crippen LogP) is 1.51. The van der Waals surface area contributed by atoms with E-state index in [0.717, 1.165) is 11.3 Å². The van der Waals surface area contributed by atoms with Crippen LogP contribution in [0.4, 0.5) is 0 Å². The van der Waals surface area contributed by atoms with Gasteiger partial charge in [0.15, 0.2) is 0 Å². The molecule has 0 fully saturated rings. The molecule has 0 aliphatic heterocycles. The number of terminal acetylenes is 1. The molecule has 0 radical (unpaired) electrons. The minimum absolute atomic E-state index is 0.141. The molecule has 1 amide bonds. The molecule has 2 aromatic rings. The van der Waals surface area contributed by atoms with E-state index in [1.165, 1.54) is 17.3 Å². The van der Waals surface area contributed by atoms with Gasteiger partial charge in [-0.1, -0.05) is 23.7 Å². The van der Waals surface area contributed by atoms with Gasteiger partial charge in [-0.2, -0.15) is 4.68 Å². The van der Waals surface area contributed by atoms with Crippen molar-refractivity contribution in [2.75, 3.05) is 6.54 Å². The van der Waals surface area contributed by atoms with Gasteiger partial charge >= 0.3 is 0 Å². The highest BCUT2D eigenvalue weighted by atomic mass is 32.2. The van der Waals surface area contributed by atoms with Crippen LogP contribution in [0, 0.1) is 26.2 Å². The fourth-order valence-electron chi connectivity index (χ4n) is 1.77. The normalized spacial score (nSPS) is 11.7. The summed E-state index contributed by atoms with van der Waals surface area (Å²) in [5.74, 6) is 2.23. The third kappa shape index (κ3) is 3.65. The monoisotopic (exact) mass is 315 g/mol. The number of carbonyl (C=O) groups excluding carboxylic acids is 1. The van der Waals surface area contributed by atoms with Crippen molar-refractivity contribution < 1.29 is 4.79 Å². The lowest BCUT2D eigenvalue weighted by Gasteiger charge is -2.11. The molecule has 0 aliphatic rings. The second-order valence-corrected chi connectivity index (χ2v) is 6.13. The smallest absolute Gasteiger partial charge is 0.234 e. The van der Waals surface area contributed by atoms with Crippen LogP contribution in [0.3, 0.4) is 0 Å². The van der Waals surface area contributed by atoms with E-state index < -0.39 is 0 Å². The molecule has 2 rings (SSSR count). The molecule has 0 aliphatic carbocycles. The number of thioether (sulfide) groups is 1. The Bertz CT molecular complexity index is 719.